The molecule has 3 nitrogen and oxygen atoms in total. The molecular weight excluding hydrogens is 308 g/mol. The van der Waals surface area contributed by atoms with Crippen molar-refractivity contribution >= 4 is 28.0 Å². The van der Waals surface area contributed by atoms with Crippen molar-refractivity contribution in [2.75, 3.05) is 6.61 Å². The van der Waals surface area contributed by atoms with Crippen molar-refractivity contribution in [3.8, 4) is 5.75 Å². The van der Waals surface area contributed by atoms with Crippen LogP contribution in [0.25, 0.3) is 0 Å². The molecule has 0 aliphatic rings. The van der Waals surface area contributed by atoms with Gasteiger partial charge in [-0.3, -0.25) is 9.59 Å². The Labute approximate surface area is 119 Å². The molecule has 0 fully saturated rings. The largest absolute Gasteiger partial charge is 0.485 e. The van der Waals surface area contributed by atoms with Crippen LogP contribution in [-0.4, -0.2) is 18.7 Å². The van der Waals surface area contributed by atoms with Gasteiger partial charge in [-0.2, -0.15) is 0 Å². The number of Topliss-reactive ketones (excluding diaryl/α,β-unsaturated/α-hetero) is 1. The number of hydrogen-bond acceptors (Lipinski definition) is 3. The van der Waals surface area contributed by atoms with Crippen molar-refractivity contribution in [2.24, 2.45) is 0 Å². The summed E-state index contributed by atoms with van der Waals surface area (Å²) >= 11 is 3.31. The van der Waals surface area contributed by atoms with Crippen LogP contribution in [0.2, 0.25) is 0 Å². The Hall–Kier alpha value is -1.94. The molecule has 0 aliphatic carbocycles. The van der Waals surface area contributed by atoms with Crippen LogP contribution in [0.1, 0.15) is 20.7 Å². The zero-order chi connectivity index (χ0) is 13.7. The first-order valence-corrected chi connectivity index (χ1v) is 6.45. The highest BCUT2D eigenvalue weighted by Gasteiger charge is 2.06. The average Bonchev–Trinajstić information content (AvgIpc) is 2.46. The Balaban J connectivity index is 2.00. The van der Waals surface area contributed by atoms with Gasteiger partial charge in [0.2, 0.25) is 0 Å². The summed E-state index contributed by atoms with van der Waals surface area (Å²) in [4.78, 5) is 22.5. The first-order chi connectivity index (χ1) is 9.19. The minimum Gasteiger partial charge on any atom is -0.485 e. The maximum absolute atomic E-state index is 11.9. The minimum atomic E-state index is -0.107. The molecule has 19 heavy (non-hydrogen) atoms. The monoisotopic (exact) mass is 318 g/mol. The summed E-state index contributed by atoms with van der Waals surface area (Å²) in [6, 6.07) is 13.8. The number of hydrogen-bond donors (Lipinski definition) is 0. The molecule has 96 valence electrons. The highest BCUT2D eigenvalue weighted by atomic mass is 79.9. The summed E-state index contributed by atoms with van der Waals surface area (Å²) in [7, 11) is 0. The molecule has 0 bridgehead atoms. The van der Waals surface area contributed by atoms with Crippen molar-refractivity contribution in [3.63, 3.8) is 0 Å². The molecule has 2 aromatic carbocycles. The lowest BCUT2D eigenvalue weighted by atomic mass is 10.1. The van der Waals surface area contributed by atoms with Crippen LogP contribution in [-0.2, 0) is 0 Å². The fraction of sp³-hybridized carbons (Fsp3) is 0.0667. The van der Waals surface area contributed by atoms with Crippen molar-refractivity contribution in [1.29, 1.82) is 0 Å². The van der Waals surface area contributed by atoms with E-state index in [1.165, 1.54) is 0 Å². The van der Waals surface area contributed by atoms with Gasteiger partial charge in [0.1, 0.15) is 12.0 Å². The van der Waals surface area contributed by atoms with Gasteiger partial charge in [-0.1, -0.05) is 40.2 Å². The van der Waals surface area contributed by atoms with Crippen molar-refractivity contribution in [3.05, 3.63) is 64.1 Å². The van der Waals surface area contributed by atoms with E-state index >= 15 is 0 Å². The number of carbonyl (C=O) groups excluding carboxylic acids is 2. The minimum absolute atomic E-state index is 0.0516. The highest BCUT2D eigenvalue weighted by molar-refractivity contribution is 9.10. The zero-order valence-electron chi connectivity index (χ0n) is 10.0. The summed E-state index contributed by atoms with van der Waals surface area (Å²) in [5, 5.41) is 0. The zero-order valence-corrected chi connectivity index (χ0v) is 11.6. The quantitative estimate of drug-likeness (QED) is 0.625. The number of rotatable bonds is 5. The number of ketones is 1. The van der Waals surface area contributed by atoms with Gasteiger partial charge < -0.3 is 4.74 Å². The van der Waals surface area contributed by atoms with E-state index in [0.29, 0.717) is 16.9 Å². The second-order valence-corrected chi connectivity index (χ2v) is 4.82. The van der Waals surface area contributed by atoms with Crippen LogP contribution < -0.4 is 4.74 Å². The van der Waals surface area contributed by atoms with E-state index in [-0.39, 0.29) is 12.4 Å². The maximum Gasteiger partial charge on any atom is 0.200 e. The molecule has 0 aromatic heterocycles. The fourth-order valence-electron chi connectivity index (χ4n) is 1.55. The van der Waals surface area contributed by atoms with Crippen LogP contribution in [0, 0.1) is 0 Å². The molecule has 0 unspecified atom stereocenters. The van der Waals surface area contributed by atoms with Crippen molar-refractivity contribution < 1.29 is 14.3 Å². The van der Waals surface area contributed by atoms with Crippen LogP contribution in [0.3, 0.4) is 0 Å². The Kier molecular flexibility index (Phi) is 4.47. The molecule has 0 N–H and O–H groups in total. The van der Waals surface area contributed by atoms with E-state index in [9.17, 15) is 9.59 Å². The molecule has 0 spiro atoms. The summed E-state index contributed by atoms with van der Waals surface area (Å²) in [6.07, 6.45) is 0.739. The number of aldehydes is 1. The Bertz CT molecular complexity index is 591. The predicted molar refractivity (Wildman–Crippen MR) is 75.8 cm³/mol. The molecule has 0 radical (unpaired) electrons. The van der Waals surface area contributed by atoms with E-state index in [4.69, 9.17) is 4.74 Å². The number of carbonyl (C=O) groups is 2. The Morgan fingerprint density at radius 1 is 1.16 bits per heavy atom. The highest BCUT2D eigenvalue weighted by Crippen LogP contribution is 2.14. The summed E-state index contributed by atoms with van der Waals surface area (Å²) < 4.78 is 6.29. The van der Waals surface area contributed by atoms with E-state index in [0.717, 1.165) is 10.8 Å². The maximum atomic E-state index is 11.9. The lowest BCUT2D eigenvalue weighted by molar-refractivity contribution is 0.0921. The molecule has 0 saturated heterocycles. The third-order valence-corrected chi connectivity index (χ3v) is 3.06. The van der Waals surface area contributed by atoms with E-state index in [1.54, 1.807) is 48.5 Å². The molecule has 0 atom stereocenters. The second kappa shape index (κ2) is 6.29. The normalized spacial score (nSPS) is 9.95. The number of halogens is 1. The molecule has 0 aliphatic heterocycles. The van der Waals surface area contributed by atoms with Crippen molar-refractivity contribution in [1.82, 2.24) is 0 Å². The second-order valence-electron chi connectivity index (χ2n) is 3.91. The number of ether oxygens (including phenoxy) is 1. The van der Waals surface area contributed by atoms with Crippen LogP contribution in [0.5, 0.6) is 5.75 Å². The van der Waals surface area contributed by atoms with Gasteiger partial charge in [0, 0.05) is 15.6 Å². The van der Waals surface area contributed by atoms with Gasteiger partial charge in [-0.05, 0) is 24.3 Å². The topological polar surface area (TPSA) is 43.4 Å². The van der Waals surface area contributed by atoms with E-state index < -0.39 is 0 Å². The third kappa shape index (κ3) is 3.76. The van der Waals surface area contributed by atoms with Crippen molar-refractivity contribution in [2.45, 2.75) is 0 Å². The summed E-state index contributed by atoms with van der Waals surface area (Å²) in [6.45, 7) is -0.0516. The van der Waals surface area contributed by atoms with Gasteiger partial charge in [-0.15, -0.1) is 0 Å². The average molecular weight is 319 g/mol. The smallest absolute Gasteiger partial charge is 0.200 e. The molecule has 0 amide bonds. The van der Waals surface area contributed by atoms with E-state index in [2.05, 4.69) is 15.9 Å². The molecule has 2 aromatic rings. The Morgan fingerprint density at radius 2 is 1.89 bits per heavy atom. The lowest BCUT2D eigenvalue weighted by Crippen LogP contribution is -2.11. The SMILES string of the molecule is O=Cc1cccc(OCC(=O)c2ccc(Br)cc2)c1. The number of benzene rings is 2. The fourth-order valence-corrected chi connectivity index (χ4v) is 1.81. The molecule has 4 heteroatoms. The Morgan fingerprint density at radius 3 is 2.58 bits per heavy atom. The first kappa shape index (κ1) is 13.5. The standard InChI is InChI=1S/C15H11BrO3/c16-13-6-4-12(5-7-13)15(18)10-19-14-3-1-2-11(8-14)9-17/h1-9H,10H2. The summed E-state index contributed by atoms with van der Waals surface area (Å²) in [5.41, 5.74) is 1.11. The molecule has 0 heterocycles. The van der Waals surface area contributed by atoms with Gasteiger partial charge in [0.25, 0.3) is 0 Å². The molecular formula is C15H11BrO3. The molecule has 2 rings (SSSR count). The molecule has 0 saturated carbocycles. The van der Waals surface area contributed by atoms with Gasteiger partial charge in [0.05, 0.1) is 0 Å². The van der Waals surface area contributed by atoms with Crippen LogP contribution in [0.4, 0.5) is 0 Å². The summed E-state index contributed by atoms with van der Waals surface area (Å²) in [5.74, 6) is 0.402. The van der Waals surface area contributed by atoms with Gasteiger partial charge >= 0.3 is 0 Å². The predicted octanol–water partition coefficient (Wildman–Crippen LogP) is 3.52. The first-order valence-electron chi connectivity index (χ1n) is 5.66. The van der Waals surface area contributed by atoms with Gasteiger partial charge in [-0.25, -0.2) is 0 Å². The van der Waals surface area contributed by atoms with Crippen LogP contribution in [0.15, 0.2) is 53.0 Å². The third-order valence-electron chi connectivity index (χ3n) is 2.53. The van der Waals surface area contributed by atoms with Crippen LogP contribution >= 0.6 is 15.9 Å². The van der Waals surface area contributed by atoms with Gasteiger partial charge in [0.15, 0.2) is 12.4 Å². The van der Waals surface area contributed by atoms with E-state index in [1.807, 2.05) is 0 Å². The lowest BCUT2D eigenvalue weighted by Gasteiger charge is -2.06.